The molecule has 2 aromatic rings. The predicted octanol–water partition coefficient (Wildman–Crippen LogP) is 2.58. The fraction of sp³-hybridized carbons (Fsp3) is 0.357. The number of rotatable bonds is 6. The molecule has 4 heteroatoms. The molecule has 0 radical (unpaired) electrons. The normalized spacial score (nSPS) is 10.6. The van der Waals surface area contributed by atoms with Crippen molar-refractivity contribution >= 4 is 0 Å². The number of aromatic amines is 1. The number of nitrogens with zero attached hydrogens (tertiary/aromatic N) is 1. The summed E-state index contributed by atoms with van der Waals surface area (Å²) < 4.78 is 5.21. The minimum Gasteiger partial charge on any atom is -0.497 e. The maximum Gasteiger partial charge on any atom is 0.137 e. The zero-order chi connectivity index (χ0) is 12.8. The number of hydrogen-bond acceptors (Lipinski definition) is 3. The van der Waals surface area contributed by atoms with Crippen LogP contribution in [0.15, 0.2) is 30.5 Å². The van der Waals surface area contributed by atoms with E-state index in [2.05, 4.69) is 22.2 Å². The molecule has 1 heterocycles. The summed E-state index contributed by atoms with van der Waals surface area (Å²) in [4.78, 5) is 7.70. The van der Waals surface area contributed by atoms with Crippen molar-refractivity contribution in [3.63, 3.8) is 0 Å². The molecule has 0 saturated heterocycles. The highest BCUT2D eigenvalue weighted by Gasteiger charge is 2.04. The summed E-state index contributed by atoms with van der Waals surface area (Å²) >= 11 is 0. The van der Waals surface area contributed by atoms with Gasteiger partial charge in [0.2, 0.25) is 0 Å². The van der Waals surface area contributed by atoms with Gasteiger partial charge in [-0.2, -0.15) is 0 Å². The first-order valence-corrected chi connectivity index (χ1v) is 6.22. The van der Waals surface area contributed by atoms with Crippen LogP contribution >= 0.6 is 0 Å². The first-order chi connectivity index (χ1) is 8.83. The Balaban J connectivity index is 2.08. The Morgan fingerprint density at radius 2 is 2.28 bits per heavy atom. The SMILES string of the molecule is CCCNCc1cnc(-c2cccc(OC)c2)[nH]1. The lowest BCUT2D eigenvalue weighted by Crippen LogP contribution is -2.13. The summed E-state index contributed by atoms with van der Waals surface area (Å²) in [5.74, 6) is 1.72. The number of benzene rings is 1. The average Bonchev–Trinajstić information content (AvgIpc) is 2.88. The molecule has 0 unspecified atom stereocenters. The van der Waals surface area contributed by atoms with Crippen LogP contribution < -0.4 is 10.1 Å². The molecule has 0 amide bonds. The van der Waals surface area contributed by atoms with Crippen molar-refractivity contribution in [1.82, 2.24) is 15.3 Å². The smallest absolute Gasteiger partial charge is 0.137 e. The number of ether oxygens (including phenoxy) is 1. The van der Waals surface area contributed by atoms with Gasteiger partial charge < -0.3 is 15.0 Å². The maximum atomic E-state index is 5.21. The predicted molar refractivity (Wildman–Crippen MR) is 72.6 cm³/mol. The molecule has 0 aliphatic carbocycles. The number of methoxy groups -OCH3 is 1. The highest BCUT2D eigenvalue weighted by atomic mass is 16.5. The summed E-state index contributed by atoms with van der Waals surface area (Å²) in [7, 11) is 1.67. The van der Waals surface area contributed by atoms with Gasteiger partial charge in [-0.3, -0.25) is 0 Å². The summed E-state index contributed by atoms with van der Waals surface area (Å²) in [6.45, 7) is 4.00. The van der Waals surface area contributed by atoms with Gasteiger partial charge in [0.15, 0.2) is 0 Å². The number of nitrogens with one attached hydrogen (secondary N) is 2. The van der Waals surface area contributed by atoms with Crippen LogP contribution in [0.25, 0.3) is 11.4 Å². The molecule has 0 aliphatic rings. The van der Waals surface area contributed by atoms with E-state index in [0.717, 1.165) is 42.3 Å². The largest absolute Gasteiger partial charge is 0.497 e. The lowest BCUT2D eigenvalue weighted by atomic mass is 10.2. The first kappa shape index (κ1) is 12.6. The molecule has 0 aliphatic heterocycles. The van der Waals surface area contributed by atoms with Crippen LogP contribution in [-0.4, -0.2) is 23.6 Å². The summed E-state index contributed by atoms with van der Waals surface area (Å²) in [5, 5.41) is 3.34. The number of aromatic nitrogens is 2. The molecule has 0 fully saturated rings. The minimum atomic E-state index is 0.824. The first-order valence-electron chi connectivity index (χ1n) is 6.22. The Kier molecular flexibility index (Phi) is 4.36. The molecule has 18 heavy (non-hydrogen) atoms. The zero-order valence-corrected chi connectivity index (χ0v) is 10.9. The lowest BCUT2D eigenvalue weighted by Gasteiger charge is -2.02. The molecule has 4 nitrogen and oxygen atoms in total. The van der Waals surface area contributed by atoms with Crippen LogP contribution in [0.4, 0.5) is 0 Å². The molecular formula is C14H19N3O. The fourth-order valence-corrected chi connectivity index (χ4v) is 1.77. The molecule has 0 atom stereocenters. The zero-order valence-electron chi connectivity index (χ0n) is 10.9. The fourth-order valence-electron chi connectivity index (χ4n) is 1.77. The Morgan fingerprint density at radius 3 is 3.06 bits per heavy atom. The molecule has 0 bridgehead atoms. The van der Waals surface area contributed by atoms with Gasteiger partial charge in [-0.25, -0.2) is 4.98 Å². The molecule has 2 rings (SSSR count). The minimum absolute atomic E-state index is 0.824. The van der Waals surface area contributed by atoms with E-state index in [1.165, 1.54) is 0 Å². The Morgan fingerprint density at radius 1 is 1.39 bits per heavy atom. The molecule has 96 valence electrons. The van der Waals surface area contributed by atoms with Gasteiger partial charge in [0, 0.05) is 24.0 Å². The molecule has 0 spiro atoms. The van der Waals surface area contributed by atoms with Crippen LogP contribution in [0.2, 0.25) is 0 Å². The van der Waals surface area contributed by atoms with Gasteiger partial charge in [0.1, 0.15) is 11.6 Å². The van der Waals surface area contributed by atoms with Crippen molar-refractivity contribution in [2.24, 2.45) is 0 Å². The van der Waals surface area contributed by atoms with E-state index in [0.29, 0.717) is 0 Å². The van der Waals surface area contributed by atoms with Crippen molar-refractivity contribution < 1.29 is 4.74 Å². The number of H-pyrrole nitrogens is 1. The molecule has 1 aromatic heterocycles. The monoisotopic (exact) mass is 245 g/mol. The van der Waals surface area contributed by atoms with Crippen LogP contribution in [0.5, 0.6) is 5.75 Å². The van der Waals surface area contributed by atoms with E-state index in [-0.39, 0.29) is 0 Å². The summed E-state index contributed by atoms with van der Waals surface area (Å²) in [6, 6.07) is 7.88. The van der Waals surface area contributed by atoms with Gasteiger partial charge in [0.25, 0.3) is 0 Å². The van der Waals surface area contributed by atoms with Crippen molar-refractivity contribution in [3.8, 4) is 17.1 Å². The Labute approximate surface area is 107 Å². The van der Waals surface area contributed by atoms with Gasteiger partial charge in [-0.05, 0) is 25.1 Å². The van der Waals surface area contributed by atoms with Crippen LogP contribution in [-0.2, 0) is 6.54 Å². The molecular weight excluding hydrogens is 226 g/mol. The van der Waals surface area contributed by atoms with Crippen molar-refractivity contribution in [2.75, 3.05) is 13.7 Å². The van der Waals surface area contributed by atoms with E-state index in [1.807, 2.05) is 30.5 Å². The van der Waals surface area contributed by atoms with Crippen LogP contribution in [0.1, 0.15) is 19.0 Å². The standard InChI is InChI=1S/C14H19N3O/c1-3-7-15-9-12-10-16-14(17-12)11-5-4-6-13(8-11)18-2/h4-6,8,10,15H,3,7,9H2,1-2H3,(H,16,17). The van der Waals surface area contributed by atoms with Crippen molar-refractivity contribution in [2.45, 2.75) is 19.9 Å². The quantitative estimate of drug-likeness (QED) is 0.769. The number of hydrogen-bond donors (Lipinski definition) is 2. The molecule has 0 saturated carbocycles. The summed E-state index contributed by atoms with van der Waals surface area (Å²) in [5.41, 5.74) is 2.14. The Hall–Kier alpha value is -1.81. The van der Waals surface area contributed by atoms with Crippen LogP contribution in [0.3, 0.4) is 0 Å². The van der Waals surface area contributed by atoms with Crippen molar-refractivity contribution in [1.29, 1.82) is 0 Å². The topological polar surface area (TPSA) is 49.9 Å². The second-order valence-electron chi connectivity index (χ2n) is 4.17. The van der Waals surface area contributed by atoms with E-state index < -0.39 is 0 Å². The van der Waals surface area contributed by atoms with Gasteiger partial charge in [-0.15, -0.1) is 0 Å². The third-order valence-electron chi connectivity index (χ3n) is 2.71. The van der Waals surface area contributed by atoms with Crippen molar-refractivity contribution in [3.05, 3.63) is 36.2 Å². The third-order valence-corrected chi connectivity index (χ3v) is 2.71. The summed E-state index contributed by atoms with van der Waals surface area (Å²) in [6.07, 6.45) is 3.01. The number of imidazole rings is 1. The average molecular weight is 245 g/mol. The third kappa shape index (κ3) is 3.11. The van der Waals surface area contributed by atoms with E-state index in [1.54, 1.807) is 7.11 Å². The lowest BCUT2D eigenvalue weighted by molar-refractivity contribution is 0.415. The highest BCUT2D eigenvalue weighted by molar-refractivity contribution is 5.57. The van der Waals surface area contributed by atoms with E-state index in [4.69, 9.17) is 4.74 Å². The van der Waals surface area contributed by atoms with E-state index in [9.17, 15) is 0 Å². The molecule has 1 aromatic carbocycles. The Bertz CT molecular complexity index is 493. The van der Waals surface area contributed by atoms with Crippen LogP contribution in [0, 0.1) is 0 Å². The van der Waals surface area contributed by atoms with Gasteiger partial charge >= 0.3 is 0 Å². The molecule has 2 N–H and O–H groups in total. The van der Waals surface area contributed by atoms with E-state index >= 15 is 0 Å². The van der Waals surface area contributed by atoms with Gasteiger partial charge in [-0.1, -0.05) is 19.1 Å². The second-order valence-corrected chi connectivity index (χ2v) is 4.17. The second kappa shape index (κ2) is 6.21. The maximum absolute atomic E-state index is 5.21. The highest BCUT2D eigenvalue weighted by Crippen LogP contribution is 2.21. The van der Waals surface area contributed by atoms with Gasteiger partial charge in [0.05, 0.1) is 7.11 Å².